The molecule has 1 aliphatic rings. The highest BCUT2D eigenvalue weighted by Gasteiger charge is 2.37. The fraction of sp³-hybridized carbons (Fsp3) is 0.190. The lowest BCUT2D eigenvalue weighted by molar-refractivity contribution is -0.118. The van der Waals surface area contributed by atoms with Gasteiger partial charge in [0.05, 0.1) is 22.9 Å². The lowest BCUT2D eigenvalue weighted by atomic mass is 10.1. The van der Waals surface area contributed by atoms with E-state index in [1.807, 2.05) is 13.0 Å². The molecule has 1 aliphatic heterocycles. The summed E-state index contributed by atoms with van der Waals surface area (Å²) in [5.41, 5.74) is 1.68. The fourth-order valence-corrected chi connectivity index (χ4v) is 3.00. The second kappa shape index (κ2) is 8.35. The van der Waals surface area contributed by atoms with Crippen LogP contribution in [0.3, 0.4) is 0 Å². The lowest BCUT2D eigenvalue weighted by Gasteiger charge is -2.16. The Kier molecular flexibility index (Phi) is 5.69. The van der Waals surface area contributed by atoms with Gasteiger partial charge in [-0.2, -0.15) is 5.26 Å². The minimum absolute atomic E-state index is 0.142. The van der Waals surface area contributed by atoms with E-state index in [4.69, 9.17) is 5.26 Å². The molecule has 146 valence electrons. The number of ketones is 1. The number of amides is 3. The van der Waals surface area contributed by atoms with E-state index in [0.717, 1.165) is 4.90 Å². The third kappa shape index (κ3) is 4.30. The molecule has 3 rings (SSSR count). The van der Waals surface area contributed by atoms with E-state index >= 15 is 0 Å². The van der Waals surface area contributed by atoms with Gasteiger partial charge in [-0.15, -0.1) is 0 Å². The van der Waals surface area contributed by atoms with E-state index in [0.29, 0.717) is 35.5 Å². The van der Waals surface area contributed by atoms with E-state index in [1.165, 1.54) is 18.2 Å². The number of hydrogen-bond donors (Lipinski definition) is 2. The highest BCUT2D eigenvalue weighted by Crippen LogP contribution is 2.31. The molecular weight excluding hydrogens is 372 g/mol. The normalized spacial score (nSPS) is 12.3. The summed E-state index contributed by atoms with van der Waals surface area (Å²) in [6.07, 6.45) is 1.04. The van der Waals surface area contributed by atoms with Gasteiger partial charge < -0.3 is 10.6 Å². The van der Waals surface area contributed by atoms with Crippen molar-refractivity contribution in [1.29, 1.82) is 5.26 Å². The monoisotopic (exact) mass is 390 g/mol. The number of nitrogens with one attached hydrogen (secondary N) is 2. The number of carbonyl (C=O) groups excluding carboxylic acids is 4. The molecule has 2 aromatic rings. The van der Waals surface area contributed by atoms with Crippen molar-refractivity contribution in [1.82, 2.24) is 0 Å². The Labute approximate surface area is 167 Å². The maximum absolute atomic E-state index is 12.4. The van der Waals surface area contributed by atoms with Crippen LogP contribution in [-0.2, 0) is 14.4 Å². The van der Waals surface area contributed by atoms with Gasteiger partial charge in [-0.25, -0.2) is 0 Å². The van der Waals surface area contributed by atoms with Crippen molar-refractivity contribution in [2.24, 2.45) is 0 Å². The van der Waals surface area contributed by atoms with Crippen molar-refractivity contribution in [3.05, 3.63) is 53.6 Å². The highest BCUT2D eigenvalue weighted by molar-refractivity contribution is 6.52. The molecule has 0 aliphatic carbocycles. The molecule has 3 amide bonds. The molecule has 1 heterocycles. The Morgan fingerprint density at radius 2 is 1.76 bits per heavy atom. The summed E-state index contributed by atoms with van der Waals surface area (Å²) < 4.78 is 0. The van der Waals surface area contributed by atoms with Gasteiger partial charge in [0.15, 0.2) is 0 Å². The Balaban J connectivity index is 1.75. The molecule has 0 unspecified atom stereocenters. The van der Waals surface area contributed by atoms with Gasteiger partial charge >= 0.3 is 0 Å². The van der Waals surface area contributed by atoms with Crippen LogP contribution >= 0.6 is 0 Å². The number of fused-ring (bicyclic) bond motifs is 1. The Bertz CT molecular complexity index is 1050. The molecule has 0 saturated carbocycles. The van der Waals surface area contributed by atoms with Gasteiger partial charge in [-0.1, -0.05) is 13.0 Å². The average molecular weight is 390 g/mol. The quantitative estimate of drug-likeness (QED) is 0.734. The number of benzene rings is 2. The Hall–Kier alpha value is -3.99. The third-order valence-corrected chi connectivity index (χ3v) is 4.31. The topological polar surface area (TPSA) is 119 Å². The van der Waals surface area contributed by atoms with Crippen LogP contribution in [0.25, 0.3) is 0 Å². The molecule has 0 aromatic heterocycles. The number of anilines is 3. The van der Waals surface area contributed by atoms with Gasteiger partial charge in [0.25, 0.3) is 11.7 Å². The van der Waals surface area contributed by atoms with E-state index in [9.17, 15) is 19.2 Å². The zero-order valence-electron chi connectivity index (χ0n) is 15.7. The molecule has 2 N–H and O–H groups in total. The fourth-order valence-electron chi connectivity index (χ4n) is 3.00. The molecule has 0 bridgehead atoms. The van der Waals surface area contributed by atoms with Gasteiger partial charge in [0.1, 0.15) is 6.54 Å². The number of Topliss-reactive ketones (excluding diaryl/α,β-unsaturated/α-hetero) is 1. The van der Waals surface area contributed by atoms with E-state index in [1.54, 1.807) is 24.3 Å². The van der Waals surface area contributed by atoms with Crippen LogP contribution in [0.15, 0.2) is 42.5 Å². The summed E-state index contributed by atoms with van der Waals surface area (Å²) in [5, 5.41) is 14.2. The number of carbonyl (C=O) groups is 4. The minimum Gasteiger partial charge on any atom is -0.326 e. The van der Waals surface area contributed by atoms with Gasteiger partial charge in [0, 0.05) is 17.8 Å². The third-order valence-electron chi connectivity index (χ3n) is 4.31. The van der Waals surface area contributed by atoms with Crippen LogP contribution in [0.2, 0.25) is 0 Å². The largest absolute Gasteiger partial charge is 0.326 e. The second-order valence-electron chi connectivity index (χ2n) is 6.49. The SMILES string of the molecule is CCCC(=O)Nc1ccc2c(c1)C(=O)C(=O)N2CC(=O)Nc1cccc(C#N)c1. The summed E-state index contributed by atoms with van der Waals surface area (Å²) in [7, 11) is 0. The number of nitrogens with zero attached hydrogens (tertiary/aromatic N) is 2. The van der Waals surface area contributed by atoms with Crippen LogP contribution < -0.4 is 15.5 Å². The van der Waals surface area contributed by atoms with Crippen molar-refractivity contribution in [3.8, 4) is 6.07 Å². The van der Waals surface area contributed by atoms with Gasteiger partial charge in [-0.3, -0.25) is 24.1 Å². The zero-order chi connectivity index (χ0) is 21.0. The maximum atomic E-state index is 12.4. The molecule has 0 radical (unpaired) electrons. The van der Waals surface area contributed by atoms with Crippen molar-refractivity contribution in [2.75, 3.05) is 22.1 Å². The van der Waals surface area contributed by atoms with Gasteiger partial charge in [0.2, 0.25) is 11.8 Å². The zero-order valence-corrected chi connectivity index (χ0v) is 15.7. The average Bonchev–Trinajstić information content (AvgIpc) is 2.93. The molecule has 0 saturated heterocycles. The van der Waals surface area contributed by atoms with Crippen LogP contribution in [0.4, 0.5) is 17.1 Å². The summed E-state index contributed by atoms with van der Waals surface area (Å²) in [4.78, 5) is 49.9. The molecular formula is C21H18N4O4. The smallest absolute Gasteiger partial charge is 0.299 e. The first-order valence-corrected chi connectivity index (χ1v) is 9.03. The summed E-state index contributed by atoms with van der Waals surface area (Å²) >= 11 is 0. The molecule has 0 fully saturated rings. The maximum Gasteiger partial charge on any atom is 0.299 e. The Morgan fingerprint density at radius 3 is 2.48 bits per heavy atom. The summed E-state index contributed by atoms with van der Waals surface area (Å²) in [5.74, 6) is -2.22. The van der Waals surface area contributed by atoms with Crippen LogP contribution in [0.5, 0.6) is 0 Å². The predicted octanol–water partition coefficient (Wildman–Crippen LogP) is 2.46. The number of hydrogen-bond acceptors (Lipinski definition) is 5. The molecule has 2 aromatic carbocycles. The lowest BCUT2D eigenvalue weighted by Crippen LogP contribution is -2.37. The van der Waals surface area contributed by atoms with E-state index < -0.39 is 17.6 Å². The van der Waals surface area contributed by atoms with Crippen LogP contribution in [0, 0.1) is 11.3 Å². The van der Waals surface area contributed by atoms with Crippen LogP contribution in [-0.4, -0.2) is 30.0 Å². The summed E-state index contributed by atoms with van der Waals surface area (Å²) in [6, 6.07) is 12.9. The van der Waals surface area contributed by atoms with Gasteiger partial charge in [-0.05, 0) is 42.8 Å². The Morgan fingerprint density at radius 1 is 1.03 bits per heavy atom. The molecule has 0 spiro atoms. The first-order chi connectivity index (χ1) is 13.9. The number of nitriles is 1. The number of rotatable bonds is 6. The molecule has 0 atom stereocenters. The predicted molar refractivity (Wildman–Crippen MR) is 106 cm³/mol. The standard InChI is InChI=1S/C21H18N4O4/c1-2-4-18(26)23-15-7-8-17-16(10-15)20(28)21(29)25(17)12-19(27)24-14-6-3-5-13(9-14)11-22/h3,5-10H,2,4,12H2,1H3,(H,23,26)(H,24,27). The van der Waals surface area contributed by atoms with Crippen molar-refractivity contribution in [2.45, 2.75) is 19.8 Å². The second-order valence-corrected chi connectivity index (χ2v) is 6.49. The minimum atomic E-state index is -0.807. The van der Waals surface area contributed by atoms with Crippen molar-refractivity contribution < 1.29 is 19.2 Å². The van der Waals surface area contributed by atoms with Crippen LogP contribution in [0.1, 0.15) is 35.7 Å². The highest BCUT2D eigenvalue weighted by atomic mass is 16.2. The first kappa shape index (κ1) is 19.8. The molecule has 8 heteroatoms. The summed E-state index contributed by atoms with van der Waals surface area (Å²) in [6.45, 7) is 1.53. The van der Waals surface area contributed by atoms with E-state index in [2.05, 4.69) is 10.6 Å². The molecule has 29 heavy (non-hydrogen) atoms. The van der Waals surface area contributed by atoms with Crippen molar-refractivity contribution >= 4 is 40.6 Å². The molecule has 8 nitrogen and oxygen atoms in total. The van der Waals surface area contributed by atoms with Crippen molar-refractivity contribution in [3.63, 3.8) is 0 Å². The first-order valence-electron chi connectivity index (χ1n) is 9.03. The van der Waals surface area contributed by atoms with E-state index in [-0.39, 0.29) is 18.0 Å².